The van der Waals surface area contributed by atoms with Crippen LogP contribution in [0, 0.1) is 12.7 Å². The molecule has 0 aliphatic carbocycles. The molecule has 0 fully saturated rings. The SMILES string of the molecule is C=CCNC(=O)c1[nH]c2ccc(C)cc2c1NC(=O)c1ccc(F)cc1. The molecule has 2 amide bonds. The van der Waals surface area contributed by atoms with Crippen molar-refractivity contribution >= 4 is 28.4 Å². The second kappa shape index (κ2) is 7.23. The summed E-state index contributed by atoms with van der Waals surface area (Å²) in [5, 5.41) is 6.20. The van der Waals surface area contributed by atoms with Gasteiger partial charge in [-0.25, -0.2) is 4.39 Å². The van der Waals surface area contributed by atoms with Crippen LogP contribution < -0.4 is 10.6 Å². The molecule has 0 radical (unpaired) electrons. The Bertz CT molecular complexity index is 990. The number of anilines is 1. The molecule has 0 saturated carbocycles. The number of aromatic amines is 1. The van der Waals surface area contributed by atoms with Crippen molar-refractivity contribution in [2.45, 2.75) is 6.92 Å². The summed E-state index contributed by atoms with van der Waals surface area (Å²) in [5.74, 6) is -1.20. The lowest BCUT2D eigenvalue weighted by Gasteiger charge is -2.08. The molecule has 0 atom stereocenters. The number of halogens is 1. The third-order valence-corrected chi connectivity index (χ3v) is 3.93. The number of carbonyl (C=O) groups is 2. The van der Waals surface area contributed by atoms with E-state index in [0.29, 0.717) is 17.8 Å². The van der Waals surface area contributed by atoms with E-state index in [0.717, 1.165) is 16.5 Å². The van der Waals surface area contributed by atoms with Gasteiger partial charge in [-0.05, 0) is 43.3 Å². The van der Waals surface area contributed by atoms with Gasteiger partial charge in [-0.3, -0.25) is 9.59 Å². The summed E-state index contributed by atoms with van der Waals surface area (Å²) in [5.41, 5.74) is 2.66. The van der Waals surface area contributed by atoms with E-state index in [1.54, 1.807) is 6.08 Å². The number of hydrogen-bond acceptors (Lipinski definition) is 2. The van der Waals surface area contributed by atoms with Crippen LogP contribution in [0.1, 0.15) is 26.4 Å². The molecule has 3 N–H and O–H groups in total. The second-order valence-electron chi connectivity index (χ2n) is 5.88. The summed E-state index contributed by atoms with van der Waals surface area (Å²) in [4.78, 5) is 28.0. The molecule has 26 heavy (non-hydrogen) atoms. The van der Waals surface area contributed by atoms with Crippen LogP contribution in [-0.4, -0.2) is 23.3 Å². The van der Waals surface area contributed by atoms with Gasteiger partial charge in [0.25, 0.3) is 11.8 Å². The smallest absolute Gasteiger partial charge is 0.270 e. The van der Waals surface area contributed by atoms with Crippen LogP contribution in [0.4, 0.5) is 10.1 Å². The van der Waals surface area contributed by atoms with E-state index in [4.69, 9.17) is 0 Å². The molecule has 0 aliphatic rings. The first-order valence-electron chi connectivity index (χ1n) is 8.08. The molecule has 5 nitrogen and oxygen atoms in total. The molecular weight excluding hydrogens is 333 g/mol. The Morgan fingerprint density at radius 1 is 1.15 bits per heavy atom. The maximum atomic E-state index is 13.1. The number of carbonyl (C=O) groups excluding carboxylic acids is 2. The Morgan fingerprint density at radius 2 is 1.88 bits per heavy atom. The first kappa shape index (κ1) is 17.4. The number of aromatic nitrogens is 1. The lowest BCUT2D eigenvalue weighted by Crippen LogP contribution is -2.25. The highest BCUT2D eigenvalue weighted by molar-refractivity contribution is 6.15. The Labute approximate surface area is 149 Å². The Kier molecular flexibility index (Phi) is 4.84. The fourth-order valence-electron chi connectivity index (χ4n) is 2.65. The van der Waals surface area contributed by atoms with Crippen molar-refractivity contribution < 1.29 is 14.0 Å². The molecule has 0 saturated heterocycles. The van der Waals surface area contributed by atoms with E-state index in [-0.39, 0.29) is 11.6 Å². The standard InChI is InChI=1S/C20H18FN3O2/c1-3-10-22-20(26)18-17(15-11-12(2)4-9-16(15)23-18)24-19(25)13-5-7-14(21)8-6-13/h3-9,11,23H,1,10H2,2H3,(H,22,26)(H,24,25). The minimum Gasteiger partial charge on any atom is -0.349 e. The van der Waals surface area contributed by atoms with E-state index in [1.165, 1.54) is 24.3 Å². The van der Waals surface area contributed by atoms with Crippen molar-refractivity contribution in [3.05, 3.63) is 77.8 Å². The lowest BCUT2D eigenvalue weighted by atomic mass is 10.1. The highest BCUT2D eigenvalue weighted by Crippen LogP contribution is 2.29. The molecular formula is C20H18FN3O2. The van der Waals surface area contributed by atoms with Crippen LogP contribution in [0.25, 0.3) is 10.9 Å². The molecule has 6 heteroatoms. The van der Waals surface area contributed by atoms with Crippen molar-refractivity contribution in [3.63, 3.8) is 0 Å². The molecule has 2 aromatic carbocycles. The van der Waals surface area contributed by atoms with Crippen LogP contribution >= 0.6 is 0 Å². The third-order valence-electron chi connectivity index (χ3n) is 3.93. The minimum absolute atomic E-state index is 0.253. The molecule has 132 valence electrons. The van der Waals surface area contributed by atoms with Gasteiger partial charge in [0.05, 0.1) is 5.69 Å². The van der Waals surface area contributed by atoms with Crippen molar-refractivity contribution in [2.24, 2.45) is 0 Å². The average molecular weight is 351 g/mol. The van der Waals surface area contributed by atoms with Gasteiger partial charge in [-0.1, -0.05) is 17.7 Å². The van der Waals surface area contributed by atoms with E-state index in [1.807, 2.05) is 25.1 Å². The van der Waals surface area contributed by atoms with E-state index in [9.17, 15) is 14.0 Å². The van der Waals surface area contributed by atoms with Gasteiger partial charge in [0, 0.05) is 23.0 Å². The van der Waals surface area contributed by atoms with Crippen molar-refractivity contribution in [2.75, 3.05) is 11.9 Å². The minimum atomic E-state index is -0.426. The van der Waals surface area contributed by atoms with Gasteiger partial charge >= 0.3 is 0 Å². The van der Waals surface area contributed by atoms with E-state index >= 15 is 0 Å². The van der Waals surface area contributed by atoms with Gasteiger partial charge in [0.1, 0.15) is 11.5 Å². The zero-order valence-electron chi connectivity index (χ0n) is 14.2. The number of benzene rings is 2. The molecule has 1 aromatic heterocycles. The van der Waals surface area contributed by atoms with Gasteiger partial charge in [0.2, 0.25) is 0 Å². The van der Waals surface area contributed by atoms with Gasteiger partial charge < -0.3 is 15.6 Å². The molecule has 3 rings (SSSR count). The molecule has 1 heterocycles. The van der Waals surface area contributed by atoms with Gasteiger partial charge in [-0.2, -0.15) is 0 Å². The normalized spacial score (nSPS) is 10.5. The third kappa shape index (κ3) is 3.49. The maximum Gasteiger partial charge on any atom is 0.270 e. The van der Waals surface area contributed by atoms with Crippen LogP contribution in [0.5, 0.6) is 0 Å². The van der Waals surface area contributed by atoms with Gasteiger partial charge in [0.15, 0.2) is 0 Å². The first-order chi connectivity index (χ1) is 12.5. The molecule has 0 spiro atoms. The van der Waals surface area contributed by atoms with E-state index < -0.39 is 11.7 Å². The van der Waals surface area contributed by atoms with Crippen molar-refractivity contribution in [3.8, 4) is 0 Å². The number of rotatable bonds is 5. The van der Waals surface area contributed by atoms with Crippen molar-refractivity contribution in [1.29, 1.82) is 0 Å². The summed E-state index contributed by atoms with van der Waals surface area (Å²) in [6.45, 7) is 5.80. The van der Waals surface area contributed by atoms with E-state index in [2.05, 4.69) is 22.2 Å². The monoisotopic (exact) mass is 351 g/mol. The molecule has 3 aromatic rings. The molecule has 0 aliphatic heterocycles. The van der Waals surface area contributed by atoms with Gasteiger partial charge in [-0.15, -0.1) is 6.58 Å². The van der Waals surface area contributed by atoms with Crippen LogP contribution in [0.3, 0.4) is 0 Å². The molecule has 0 unspecified atom stereocenters. The summed E-state index contributed by atoms with van der Waals surface area (Å²) in [6.07, 6.45) is 1.57. The number of aryl methyl sites for hydroxylation is 1. The van der Waals surface area contributed by atoms with Crippen LogP contribution in [-0.2, 0) is 0 Å². The number of amides is 2. The number of fused-ring (bicyclic) bond motifs is 1. The fraction of sp³-hybridized carbons (Fsp3) is 0.100. The second-order valence-corrected chi connectivity index (χ2v) is 5.88. The highest BCUT2D eigenvalue weighted by atomic mass is 19.1. The highest BCUT2D eigenvalue weighted by Gasteiger charge is 2.20. The quantitative estimate of drug-likeness (QED) is 0.612. The largest absolute Gasteiger partial charge is 0.349 e. The molecule has 0 bridgehead atoms. The topological polar surface area (TPSA) is 74.0 Å². The summed E-state index contributed by atoms with van der Waals surface area (Å²) < 4.78 is 13.1. The predicted molar refractivity (Wildman–Crippen MR) is 99.9 cm³/mol. The van der Waals surface area contributed by atoms with Crippen LogP contribution in [0.15, 0.2) is 55.1 Å². The summed E-state index contributed by atoms with van der Waals surface area (Å²) in [7, 11) is 0. The Hall–Kier alpha value is -3.41. The van der Waals surface area contributed by atoms with Crippen molar-refractivity contribution in [1.82, 2.24) is 10.3 Å². The fourth-order valence-corrected chi connectivity index (χ4v) is 2.65. The Balaban J connectivity index is 2.02. The number of nitrogens with one attached hydrogen (secondary N) is 3. The average Bonchev–Trinajstić information content (AvgIpc) is 2.98. The zero-order valence-corrected chi connectivity index (χ0v) is 14.2. The zero-order chi connectivity index (χ0) is 18.7. The van der Waals surface area contributed by atoms with Crippen LogP contribution in [0.2, 0.25) is 0 Å². The lowest BCUT2D eigenvalue weighted by molar-refractivity contribution is 0.0955. The maximum absolute atomic E-state index is 13.1. The Morgan fingerprint density at radius 3 is 2.58 bits per heavy atom. The number of hydrogen-bond donors (Lipinski definition) is 3. The first-order valence-corrected chi connectivity index (χ1v) is 8.08. The summed E-state index contributed by atoms with van der Waals surface area (Å²) >= 11 is 0. The predicted octanol–water partition coefficient (Wildman–Crippen LogP) is 3.78. The number of H-pyrrole nitrogens is 1. The summed E-state index contributed by atoms with van der Waals surface area (Å²) in [6, 6.07) is 10.9.